The van der Waals surface area contributed by atoms with E-state index < -0.39 is 0 Å². The van der Waals surface area contributed by atoms with Gasteiger partial charge in [-0.3, -0.25) is 9.48 Å². The zero-order valence-corrected chi connectivity index (χ0v) is 14.2. The highest BCUT2D eigenvalue weighted by molar-refractivity contribution is 5.95. The standard InChI is InChI=1S/C19H21N3O2/c1-13-18(11-20-19(23)17-9-10-24-15(17)3)14(2)22(21-13)12-16-7-5-4-6-8-16/h4-10H,11-12H2,1-3H3,(H,20,23). The summed E-state index contributed by atoms with van der Waals surface area (Å²) in [6.07, 6.45) is 1.53. The summed E-state index contributed by atoms with van der Waals surface area (Å²) in [5.74, 6) is 0.497. The molecule has 0 saturated carbocycles. The van der Waals surface area contributed by atoms with Crippen molar-refractivity contribution in [2.45, 2.75) is 33.9 Å². The summed E-state index contributed by atoms with van der Waals surface area (Å²) < 4.78 is 7.16. The van der Waals surface area contributed by atoms with Gasteiger partial charge in [0.05, 0.1) is 24.1 Å². The second-order valence-electron chi connectivity index (χ2n) is 5.87. The third-order valence-corrected chi connectivity index (χ3v) is 4.24. The van der Waals surface area contributed by atoms with Crippen molar-refractivity contribution in [1.29, 1.82) is 0 Å². The van der Waals surface area contributed by atoms with Crippen LogP contribution >= 0.6 is 0 Å². The van der Waals surface area contributed by atoms with Crippen molar-refractivity contribution in [3.05, 3.63) is 76.5 Å². The van der Waals surface area contributed by atoms with Gasteiger partial charge in [0.1, 0.15) is 5.76 Å². The molecule has 2 heterocycles. The number of hydrogen-bond acceptors (Lipinski definition) is 3. The first-order valence-corrected chi connectivity index (χ1v) is 7.95. The molecular formula is C19H21N3O2. The summed E-state index contributed by atoms with van der Waals surface area (Å²) in [6.45, 7) is 6.97. The van der Waals surface area contributed by atoms with Crippen LogP contribution in [-0.4, -0.2) is 15.7 Å². The predicted octanol–water partition coefficient (Wildman–Crippen LogP) is 3.38. The molecule has 5 nitrogen and oxygen atoms in total. The van der Waals surface area contributed by atoms with Gasteiger partial charge in [-0.2, -0.15) is 5.10 Å². The number of aromatic nitrogens is 2. The second-order valence-corrected chi connectivity index (χ2v) is 5.87. The highest BCUT2D eigenvalue weighted by atomic mass is 16.3. The molecule has 0 saturated heterocycles. The van der Waals surface area contributed by atoms with Gasteiger partial charge >= 0.3 is 0 Å². The topological polar surface area (TPSA) is 60.1 Å². The molecule has 0 unspecified atom stereocenters. The van der Waals surface area contributed by atoms with E-state index in [0.717, 1.165) is 23.5 Å². The van der Waals surface area contributed by atoms with E-state index in [1.165, 1.54) is 11.8 Å². The molecule has 2 aromatic heterocycles. The molecule has 0 aliphatic rings. The molecule has 0 bridgehead atoms. The van der Waals surface area contributed by atoms with Crippen LogP contribution in [0.3, 0.4) is 0 Å². The second kappa shape index (κ2) is 6.74. The number of hydrogen-bond donors (Lipinski definition) is 1. The Balaban J connectivity index is 1.72. The normalized spacial score (nSPS) is 10.8. The largest absolute Gasteiger partial charge is 0.469 e. The van der Waals surface area contributed by atoms with Crippen LogP contribution in [0.5, 0.6) is 0 Å². The number of nitrogens with one attached hydrogen (secondary N) is 1. The number of rotatable bonds is 5. The molecule has 124 valence electrons. The Morgan fingerprint density at radius 2 is 1.92 bits per heavy atom. The van der Waals surface area contributed by atoms with E-state index in [9.17, 15) is 4.79 Å². The van der Waals surface area contributed by atoms with Crippen molar-refractivity contribution in [3.8, 4) is 0 Å². The Labute approximate surface area is 141 Å². The number of aryl methyl sites for hydroxylation is 2. The van der Waals surface area contributed by atoms with Gasteiger partial charge in [0.2, 0.25) is 0 Å². The van der Waals surface area contributed by atoms with E-state index in [4.69, 9.17) is 4.42 Å². The Bertz CT molecular complexity index is 847. The average molecular weight is 323 g/mol. The maximum Gasteiger partial charge on any atom is 0.255 e. The summed E-state index contributed by atoms with van der Waals surface area (Å²) in [6, 6.07) is 11.9. The predicted molar refractivity (Wildman–Crippen MR) is 91.9 cm³/mol. The summed E-state index contributed by atoms with van der Waals surface area (Å²) in [5, 5.41) is 7.56. The van der Waals surface area contributed by atoms with Crippen molar-refractivity contribution >= 4 is 5.91 Å². The number of carbonyl (C=O) groups excluding carboxylic acids is 1. The molecule has 3 rings (SSSR count). The fourth-order valence-corrected chi connectivity index (χ4v) is 2.78. The first-order valence-electron chi connectivity index (χ1n) is 7.95. The third kappa shape index (κ3) is 3.25. The molecule has 0 atom stereocenters. The van der Waals surface area contributed by atoms with E-state index >= 15 is 0 Å². The van der Waals surface area contributed by atoms with Crippen LogP contribution in [0.25, 0.3) is 0 Å². The molecule has 24 heavy (non-hydrogen) atoms. The van der Waals surface area contributed by atoms with E-state index in [1.54, 1.807) is 13.0 Å². The van der Waals surface area contributed by atoms with Crippen LogP contribution < -0.4 is 5.32 Å². The molecule has 0 radical (unpaired) electrons. The van der Waals surface area contributed by atoms with Crippen molar-refractivity contribution in [1.82, 2.24) is 15.1 Å². The van der Waals surface area contributed by atoms with Gasteiger partial charge in [-0.25, -0.2) is 0 Å². The molecular weight excluding hydrogens is 302 g/mol. The van der Waals surface area contributed by atoms with Crippen molar-refractivity contribution in [2.75, 3.05) is 0 Å². The maximum atomic E-state index is 12.2. The van der Waals surface area contributed by atoms with Gasteiger partial charge in [0, 0.05) is 17.8 Å². The van der Waals surface area contributed by atoms with Gasteiger partial charge in [-0.15, -0.1) is 0 Å². The van der Waals surface area contributed by atoms with Crippen LogP contribution in [0.15, 0.2) is 47.1 Å². The van der Waals surface area contributed by atoms with Crippen LogP contribution in [0.4, 0.5) is 0 Å². The molecule has 3 aromatic rings. The maximum absolute atomic E-state index is 12.2. The minimum absolute atomic E-state index is 0.129. The molecule has 0 fully saturated rings. The lowest BCUT2D eigenvalue weighted by atomic mass is 10.1. The van der Waals surface area contributed by atoms with Gasteiger partial charge < -0.3 is 9.73 Å². The highest BCUT2D eigenvalue weighted by Gasteiger charge is 2.15. The van der Waals surface area contributed by atoms with Gasteiger partial charge in [-0.1, -0.05) is 30.3 Å². The molecule has 1 amide bonds. The fraction of sp³-hybridized carbons (Fsp3) is 0.263. The number of carbonyl (C=O) groups is 1. The Kier molecular flexibility index (Phi) is 4.51. The lowest BCUT2D eigenvalue weighted by molar-refractivity contribution is 0.0949. The molecule has 1 aromatic carbocycles. The fourth-order valence-electron chi connectivity index (χ4n) is 2.78. The molecule has 1 N–H and O–H groups in total. The number of amides is 1. The van der Waals surface area contributed by atoms with Crippen molar-refractivity contribution in [3.63, 3.8) is 0 Å². The molecule has 0 aliphatic carbocycles. The lowest BCUT2D eigenvalue weighted by Gasteiger charge is -2.07. The first kappa shape index (κ1) is 16.1. The summed E-state index contributed by atoms with van der Waals surface area (Å²) in [7, 11) is 0. The summed E-state index contributed by atoms with van der Waals surface area (Å²) >= 11 is 0. The van der Waals surface area contributed by atoms with Gasteiger partial charge in [-0.05, 0) is 32.4 Å². The van der Waals surface area contributed by atoms with Crippen LogP contribution in [0.1, 0.15) is 38.6 Å². The van der Waals surface area contributed by atoms with E-state index in [0.29, 0.717) is 17.9 Å². The van der Waals surface area contributed by atoms with E-state index in [1.807, 2.05) is 36.7 Å². The number of furan rings is 1. The minimum Gasteiger partial charge on any atom is -0.469 e. The van der Waals surface area contributed by atoms with E-state index in [2.05, 4.69) is 22.5 Å². The van der Waals surface area contributed by atoms with Crippen LogP contribution in [0.2, 0.25) is 0 Å². The lowest BCUT2D eigenvalue weighted by Crippen LogP contribution is -2.23. The molecule has 0 spiro atoms. The Morgan fingerprint density at radius 3 is 2.58 bits per heavy atom. The van der Waals surface area contributed by atoms with Crippen LogP contribution in [0, 0.1) is 20.8 Å². The van der Waals surface area contributed by atoms with Crippen molar-refractivity contribution in [2.24, 2.45) is 0 Å². The monoisotopic (exact) mass is 323 g/mol. The zero-order chi connectivity index (χ0) is 17.1. The third-order valence-electron chi connectivity index (χ3n) is 4.24. The van der Waals surface area contributed by atoms with Gasteiger partial charge in [0.25, 0.3) is 5.91 Å². The zero-order valence-electron chi connectivity index (χ0n) is 14.2. The molecule has 5 heteroatoms. The van der Waals surface area contributed by atoms with Crippen molar-refractivity contribution < 1.29 is 9.21 Å². The van der Waals surface area contributed by atoms with Gasteiger partial charge in [0.15, 0.2) is 0 Å². The highest BCUT2D eigenvalue weighted by Crippen LogP contribution is 2.15. The number of benzene rings is 1. The van der Waals surface area contributed by atoms with Crippen LogP contribution in [-0.2, 0) is 13.1 Å². The smallest absolute Gasteiger partial charge is 0.255 e. The first-order chi connectivity index (χ1) is 11.6. The Hall–Kier alpha value is -2.82. The summed E-state index contributed by atoms with van der Waals surface area (Å²) in [4.78, 5) is 12.2. The number of nitrogens with zero attached hydrogens (tertiary/aromatic N) is 2. The Morgan fingerprint density at radius 1 is 1.17 bits per heavy atom. The quantitative estimate of drug-likeness (QED) is 0.783. The molecule has 0 aliphatic heterocycles. The summed E-state index contributed by atoms with van der Waals surface area (Å²) in [5.41, 5.74) is 4.84. The van der Waals surface area contributed by atoms with E-state index in [-0.39, 0.29) is 5.91 Å². The average Bonchev–Trinajstić information content (AvgIpc) is 3.11. The SMILES string of the molecule is Cc1nn(Cc2ccccc2)c(C)c1CNC(=O)c1ccoc1C. The minimum atomic E-state index is -0.129.